The number of carbonyl (C=O) groups is 2. The van der Waals surface area contributed by atoms with Crippen LogP contribution < -0.4 is 10.0 Å². The molecular weight excluding hydrogens is 346 g/mol. The van der Waals surface area contributed by atoms with Gasteiger partial charge in [-0.05, 0) is 18.6 Å². The third kappa shape index (κ3) is 5.06. The lowest BCUT2D eigenvalue weighted by Gasteiger charge is -2.04. The number of esters is 1. The lowest BCUT2D eigenvalue weighted by molar-refractivity contribution is -0.148. The summed E-state index contributed by atoms with van der Waals surface area (Å²) < 4.78 is 31.0. The zero-order valence-corrected chi connectivity index (χ0v) is 14.1. The summed E-state index contributed by atoms with van der Waals surface area (Å²) in [4.78, 5) is 27.1. The lowest BCUT2D eigenvalue weighted by Crippen LogP contribution is -2.29. The molecule has 0 fully saturated rings. The lowest BCUT2D eigenvalue weighted by atomic mass is 10.2. The van der Waals surface area contributed by atoms with Gasteiger partial charge < -0.3 is 10.1 Å². The summed E-state index contributed by atoms with van der Waals surface area (Å²) in [5.41, 5.74) is 0.510. The smallest absolute Gasteiger partial charge is 0.306 e. The zero-order chi connectivity index (χ0) is 18.3. The van der Waals surface area contributed by atoms with Gasteiger partial charge in [0.15, 0.2) is 6.61 Å². The minimum absolute atomic E-state index is 0.0631. The Morgan fingerprint density at radius 1 is 1.32 bits per heavy atom. The van der Waals surface area contributed by atoms with E-state index >= 15 is 0 Å². The first-order chi connectivity index (χ1) is 11.9. The van der Waals surface area contributed by atoms with Gasteiger partial charge >= 0.3 is 5.97 Å². The fourth-order valence-electron chi connectivity index (χ4n) is 2.08. The number of amides is 1. The predicted molar refractivity (Wildman–Crippen MR) is 90.2 cm³/mol. The van der Waals surface area contributed by atoms with Gasteiger partial charge in [-0.3, -0.25) is 19.3 Å². The number of hydrogen-bond donors (Lipinski definition) is 2. The van der Waals surface area contributed by atoms with E-state index in [1.165, 1.54) is 6.07 Å². The SMILES string of the molecule is C#CCNC(=O)COC(=O)CCCN=C1NS(=O)(=O)c2ccccc21. The van der Waals surface area contributed by atoms with Gasteiger partial charge in [-0.25, -0.2) is 8.42 Å². The molecule has 1 aliphatic heterocycles. The second kappa shape index (κ2) is 8.30. The fraction of sp³-hybridized carbons (Fsp3) is 0.312. The van der Waals surface area contributed by atoms with E-state index in [0.29, 0.717) is 12.0 Å². The van der Waals surface area contributed by atoms with E-state index < -0.39 is 21.9 Å². The summed E-state index contributed by atoms with van der Waals surface area (Å²) in [5.74, 6) is 1.49. The maximum atomic E-state index is 11.9. The van der Waals surface area contributed by atoms with Crippen molar-refractivity contribution in [3.63, 3.8) is 0 Å². The van der Waals surface area contributed by atoms with Crippen molar-refractivity contribution in [2.24, 2.45) is 4.99 Å². The van der Waals surface area contributed by atoms with Crippen LogP contribution in [-0.4, -0.2) is 45.8 Å². The molecule has 9 heteroatoms. The first-order valence-electron chi connectivity index (χ1n) is 7.46. The molecule has 1 aliphatic rings. The molecule has 1 aromatic rings. The summed E-state index contributed by atoms with van der Waals surface area (Å²) in [6.07, 6.45) is 5.41. The molecule has 1 aromatic carbocycles. The van der Waals surface area contributed by atoms with Gasteiger partial charge in [0.25, 0.3) is 15.9 Å². The molecule has 25 heavy (non-hydrogen) atoms. The number of nitrogens with one attached hydrogen (secondary N) is 2. The molecule has 0 aromatic heterocycles. The Bertz CT molecular complexity index is 840. The highest BCUT2D eigenvalue weighted by Gasteiger charge is 2.29. The van der Waals surface area contributed by atoms with Gasteiger partial charge in [-0.1, -0.05) is 18.1 Å². The van der Waals surface area contributed by atoms with E-state index in [0.717, 1.165) is 0 Å². The van der Waals surface area contributed by atoms with Crippen LogP contribution in [0.15, 0.2) is 34.2 Å². The van der Waals surface area contributed by atoms with Crippen molar-refractivity contribution in [2.45, 2.75) is 17.7 Å². The number of fused-ring (bicyclic) bond motifs is 1. The van der Waals surface area contributed by atoms with Gasteiger partial charge in [0, 0.05) is 18.5 Å². The summed E-state index contributed by atoms with van der Waals surface area (Å²) in [6, 6.07) is 6.52. The van der Waals surface area contributed by atoms with Crippen LogP contribution >= 0.6 is 0 Å². The average Bonchev–Trinajstić information content (AvgIpc) is 2.86. The van der Waals surface area contributed by atoms with Crippen molar-refractivity contribution < 1.29 is 22.7 Å². The Labute approximate surface area is 145 Å². The molecule has 0 spiro atoms. The maximum absolute atomic E-state index is 11.9. The van der Waals surface area contributed by atoms with Crippen LogP contribution in [0.1, 0.15) is 18.4 Å². The molecule has 0 atom stereocenters. The third-order valence-electron chi connectivity index (χ3n) is 3.22. The molecule has 0 saturated heterocycles. The standard InChI is InChI=1S/C16H17N3O5S/c1-2-9-17-14(20)11-24-15(21)8-5-10-18-16-12-6-3-4-7-13(12)25(22,23)19-16/h1,3-4,6-7H,5,8-11H2,(H,17,20)(H,18,19). The number of nitrogens with zero attached hydrogens (tertiary/aromatic N) is 1. The molecule has 2 rings (SSSR count). The van der Waals surface area contributed by atoms with E-state index in [-0.39, 0.29) is 36.8 Å². The first kappa shape index (κ1) is 18.5. The Balaban J connectivity index is 1.78. The number of carbonyl (C=O) groups excluding carboxylic acids is 2. The second-order valence-corrected chi connectivity index (χ2v) is 6.73. The summed E-state index contributed by atoms with van der Waals surface area (Å²) in [5, 5.41) is 2.37. The molecule has 0 bridgehead atoms. The number of ether oxygens (including phenoxy) is 1. The summed E-state index contributed by atoms with van der Waals surface area (Å²) in [7, 11) is -3.56. The number of rotatable bonds is 7. The number of sulfonamides is 1. The van der Waals surface area contributed by atoms with Crippen molar-refractivity contribution in [3.05, 3.63) is 29.8 Å². The van der Waals surface area contributed by atoms with Crippen molar-refractivity contribution in [1.29, 1.82) is 0 Å². The van der Waals surface area contributed by atoms with Crippen molar-refractivity contribution in [2.75, 3.05) is 19.7 Å². The highest BCUT2D eigenvalue weighted by molar-refractivity contribution is 7.90. The summed E-state index contributed by atoms with van der Waals surface area (Å²) >= 11 is 0. The molecule has 132 valence electrons. The Kier molecular flexibility index (Phi) is 6.14. The first-order valence-corrected chi connectivity index (χ1v) is 8.95. The number of terminal acetylenes is 1. The highest BCUT2D eigenvalue weighted by Crippen LogP contribution is 2.22. The molecule has 8 nitrogen and oxygen atoms in total. The molecule has 0 saturated carbocycles. The van der Waals surface area contributed by atoms with Gasteiger partial charge in [-0.15, -0.1) is 6.42 Å². The number of hydrogen-bond acceptors (Lipinski definition) is 6. The molecule has 2 N–H and O–H groups in total. The van der Waals surface area contributed by atoms with Crippen LogP contribution in [0.5, 0.6) is 0 Å². The largest absolute Gasteiger partial charge is 0.456 e. The van der Waals surface area contributed by atoms with E-state index in [4.69, 9.17) is 11.2 Å². The van der Waals surface area contributed by atoms with E-state index in [2.05, 4.69) is 21.0 Å². The normalized spacial score (nSPS) is 15.7. The Morgan fingerprint density at radius 3 is 2.84 bits per heavy atom. The highest BCUT2D eigenvalue weighted by atomic mass is 32.2. The Hall–Kier alpha value is -2.86. The molecule has 0 unspecified atom stereocenters. The second-order valence-electron chi connectivity index (χ2n) is 5.08. The molecule has 1 heterocycles. The molecule has 0 radical (unpaired) electrons. The zero-order valence-electron chi connectivity index (χ0n) is 13.3. The molecule has 0 aliphatic carbocycles. The predicted octanol–water partition coefficient (Wildman–Crippen LogP) is -0.202. The minimum Gasteiger partial charge on any atom is -0.456 e. The van der Waals surface area contributed by atoms with E-state index in [9.17, 15) is 18.0 Å². The van der Waals surface area contributed by atoms with Gasteiger partial charge in [0.2, 0.25) is 0 Å². The monoisotopic (exact) mass is 363 g/mol. The minimum atomic E-state index is -3.56. The van der Waals surface area contributed by atoms with Crippen LogP contribution in [0.25, 0.3) is 0 Å². The van der Waals surface area contributed by atoms with Crippen LogP contribution in [0.2, 0.25) is 0 Å². The van der Waals surface area contributed by atoms with Crippen LogP contribution in [0.4, 0.5) is 0 Å². The third-order valence-corrected chi connectivity index (χ3v) is 4.62. The Morgan fingerprint density at radius 2 is 2.08 bits per heavy atom. The van der Waals surface area contributed by atoms with Gasteiger partial charge in [-0.2, -0.15) is 0 Å². The van der Waals surface area contributed by atoms with Crippen LogP contribution in [0, 0.1) is 12.3 Å². The molecule has 1 amide bonds. The quantitative estimate of drug-likeness (QED) is 0.396. The van der Waals surface area contributed by atoms with Crippen molar-refractivity contribution >= 4 is 27.7 Å². The topological polar surface area (TPSA) is 114 Å². The maximum Gasteiger partial charge on any atom is 0.306 e. The van der Waals surface area contributed by atoms with E-state index in [1.54, 1.807) is 18.2 Å². The average molecular weight is 363 g/mol. The van der Waals surface area contributed by atoms with Crippen molar-refractivity contribution in [3.8, 4) is 12.3 Å². The van der Waals surface area contributed by atoms with Gasteiger partial charge in [0.1, 0.15) is 5.84 Å². The number of amidine groups is 1. The van der Waals surface area contributed by atoms with Crippen LogP contribution in [-0.2, 0) is 24.3 Å². The van der Waals surface area contributed by atoms with Gasteiger partial charge in [0.05, 0.1) is 11.4 Å². The molecular formula is C16H17N3O5S. The fourth-order valence-corrected chi connectivity index (χ4v) is 3.34. The number of aliphatic imine (C=N–C) groups is 1. The van der Waals surface area contributed by atoms with E-state index in [1.807, 2.05) is 0 Å². The van der Waals surface area contributed by atoms with Crippen molar-refractivity contribution in [1.82, 2.24) is 10.0 Å². The summed E-state index contributed by atoms with van der Waals surface area (Å²) in [6.45, 7) is -0.0714. The van der Waals surface area contributed by atoms with Crippen LogP contribution in [0.3, 0.4) is 0 Å². The number of benzene rings is 1.